The summed E-state index contributed by atoms with van der Waals surface area (Å²) in [5, 5.41) is 0. The van der Waals surface area contributed by atoms with E-state index in [4.69, 9.17) is 14.2 Å². The van der Waals surface area contributed by atoms with Gasteiger partial charge < -0.3 is 14.2 Å². The van der Waals surface area contributed by atoms with E-state index in [0.717, 1.165) is 77.0 Å². The summed E-state index contributed by atoms with van der Waals surface area (Å²) in [7, 11) is 0. The molecule has 1 atom stereocenters. The molecule has 0 fully saturated rings. The van der Waals surface area contributed by atoms with Gasteiger partial charge in [0.15, 0.2) is 6.10 Å². The van der Waals surface area contributed by atoms with Gasteiger partial charge in [0, 0.05) is 19.3 Å². The molecule has 0 aromatic rings. The summed E-state index contributed by atoms with van der Waals surface area (Å²) in [5.41, 5.74) is 0. The highest BCUT2D eigenvalue weighted by atomic mass is 16.6. The maximum atomic E-state index is 12.8. The first kappa shape index (κ1) is 56.6. The van der Waals surface area contributed by atoms with Crippen LogP contribution >= 0.6 is 0 Å². The summed E-state index contributed by atoms with van der Waals surface area (Å²) >= 11 is 0. The van der Waals surface area contributed by atoms with Crippen LogP contribution in [0.2, 0.25) is 0 Å². The second-order valence-corrected chi connectivity index (χ2v) is 17.1. The molecule has 344 valence electrons. The quantitative estimate of drug-likeness (QED) is 0.0200. The van der Waals surface area contributed by atoms with Crippen LogP contribution < -0.4 is 0 Å². The molecule has 0 bridgehead atoms. The van der Waals surface area contributed by atoms with E-state index in [0.29, 0.717) is 19.3 Å². The molecule has 6 nitrogen and oxygen atoms in total. The Morgan fingerprint density at radius 2 is 0.627 bits per heavy atom. The Hall–Kier alpha value is -2.37. The second-order valence-electron chi connectivity index (χ2n) is 17.1. The highest BCUT2D eigenvalue weighted by Gasteiger charge is 2.19. The van der Waals surface area contributed by atoms with Gasteiger partial charge in [0.05, 0.1) is 0 Å². The van der Waals surface area contributed by atoms with E-state index in [1.54, 1.807) is 0 Å². The number of unbranched alkanes of at least 4 members (excludes halogenated alkanes) is 30. The molecular formula is C53H96O6. The molecule has 0 N–H and O–H groups in total. The fourth-order valence-corrected chi connectivity index (χ4v) is 7.26. The molecule has 0 aromatic heterocycles. The normalized spacial score (nSPS) is 12.3. The predicted octanol–water partition coefficient (Wildman–Crippen LogP) is 16.5. The monoisotopic (exact) mass is 829 g/mol. The predicted molar refractivity (Wildman–Crippen MR) is 252 cm³/mol. The zero-order valence-electron chi connectivity index (χ0n) is 39.3. The van der Waals surface area contributed by atoms with Crippen molar-refractivity contribution in [2.75, 3.05) is 13.2 Å². The lowest BCUT2D eigenvalue weighted by molar-refractivity contribution is -0.167. The average molecular weight is 829 g/mol. The van der Waals surface area contributed by atoms with Crippen molar-refractivity contribution in [3.8, 4) is 0 Å². The third-order valence-electron chi connectivity index (χ3n) is 11.1. The summed E-state index contributed by atoms with van der Waals surface area (Å²) in [6, 6.07) is 0. The Balaban J connectivity index is 4.34. The van der Waals surface area contributed by atoms with Crippen LogP contribution in [-0.2, 0) is 28.6 Å². The molecule has 1 unspecified atom stereocenters. The molecule has 0 aliphatic rings. The van der Waals surface area contributed by atoms with Crippen LogP contribution in [0.15, 0.2) is 36.5 Å². The van der Waals surface area contributed by atoms with Gasteiger partial charge in [-0.15, -0.1) is 0 Å². The zero-order valence-corrected chi connectivity index (χ0v) is 39.3. The van der Waals surface area contributed by atoms with Gasteiger partial charge in [0.2, 0.25) is 0 Å². The lowest BCUT2D eigenvalue weighted by Gasteiger charge is -2.18. The molecular weight excluding hydrogens is 733 g/mol. The van der Waals surface area contributed by atoms with Gasteiger partial charge in [0.1, 0.15) is 13.2 Å². The third kappa shape index (κ3) is 46.5. The molecule has 0 spiro atoms. The Labute approximate surface area is 365 Å². The maximum absolute atomic E-state index is 12.8. The fraction of sp³-hybridized carbons (Fsp3) is 0.830. The molecule has 6 heteroatoms. The lowest BCUT2D eigenvalue weighted by Crippen LogP contribution is -2.30. The minimum Gasteiger partial charge on any atom is -0.462 e. The minimum atomic E-state index is -0.784. The van der Waals surface area contributed by atoms with Crippen LogP contribution in [0, 0.1) is 0 Å². The van der Waals surface area contributed by atoms with Crippen LogP contribution in [0.4, 0.5) is 0 Å². The highest BCUT2D eigenvalue weighted by Crippen LogP contribution is 2.15. The highest BCUT2D eigenvalue weighted by molar-refractivity contribution is 5.71. The van der Waals surface area contributed by atoms with Crippen LogP contribution in [0.1, 0.15) is 265 Å². The van der Waals surface area contributed by atoms with E-state index in [1.165, 1.54) is 148 Å². The number of hydrogen-bond donors (Lipinski definition) is 0. The topological polar surface area (TPSA) is 78.9 Å². The molecule has 0 heterocycles. The maximum Gasteiger partial charge on any atom is 0.306 e. The molecule has 0 radical (unpaired) electrons. The molecule has 59 heavy (non-hydrogen) atoms. The second kappa shape index (κ2) is 48.3. The van der Waals surface area contributed by atoms with Gasteiger partial charge >= 0.3 is 17.9 Å². The number of carbonyl (C=O) groups is 3. The number of esters is 3. The number of rotatable bonds is 46. The molecule has 0 aromatic carbocycles. The van der Waals surface area contributed by atoms with E-state index in [-0.39, 0.29) is 31.1 Å². The van der Waals surface area contributed by atoms with Crippen LogP contribution in [-0.4, -0.2) is 37.2 Å². The van der Waals surface area contributed by atoms with Crippen molar-refractivity contribution in [2.24, 2.45) is 0 Å². The van der Waals surface area contributed by atoms with E-state index in [9.17, 15) is 14.4 Å². The Kier molecular flexibility index (Phi) is 46.4. The van der Waals surface area contributed by atoms with Crippen molar-refractivity contribution in [3.63, 3.8) is 0 Å². The van der Waals surface area contributed by atoms with Crippen molar-refractivity contribution < 1.29 is 28.6 Å². The van der Waals surface area contributed by atoms with Crippen molar-refractivity contribution >= 4 is 17.9 Å². The molecule has 0 saturated carbocycles. The molecule has 0 aliphatic carbocycles. The van der Waals surface area contributed by atoms with Crippen molar-refractivity contribution in [1.82, 2.24) is 0 Å². The van der Waals surface area contributed by atoms with Crippen LogP contribution in [0.25, 0.3) is 0 Å². The van der Waals surface area contributed by atoms with E-state index >= 15 is 0 Å². The Morgan fingerprint density at radius 1 is 0.339 bits per heavy atom. The number of allylic oxidation sites excluding steroid dienone is 6. The van der Waals surface area contributed by atoms with Gasteiger partial charge in [-0.05, 0) is 64.2 Å². The standard InChI is InChI=1S/C53H96O6/c1-4-7-10-13-16-19-21-23-25-26-27-28-30-31-34-37-40-43-46-52(55)58-49-50(48-57-51(54)45-42-39-36-33-18-15-12-9-6-3)59-53(56)47-44-41-38-35-32-29-24-22-20-17-14-11-8-5-2/h25-28,33,36,50H,4-24,29-32,34-35,37-49H2,1-3H3/b26-25-,28-27-,36-33-. The van der Waals surface area contributed by atoms with Gasteiger partial charge in [-0.2, -0.15) is 0 Å². The first-order chi connectivity index (χ1) is 29.0. The first-order valence-electron chi connectivity index (χ1n) is 25.5. The SMILES string of the molecule is CCCCCC/C=C\CCCC(=O)OCC(COC(=O)CCCCCCC/C=C\C=C/CCCCCCCCC)OC(=O)CCCCCCCCCCCCCCCC. The molecule has 0 amide bonds. The summed E-state index contributed by atoms with van der Waals surface area (Å²) in [6.07, 6.45) is 55.7. The number of ether oxygens (including phenoxy) is 3. The smallest absolute Gasteiger partial charge is 0.306 e. The van der Waals surface area contributed by atoms with E-state index < -0.39 is 6.10 Å². The van der Waals surface area contributed by atoms with Gasteiger partial charge in [-0.3, -0.25) is 14.4 Å². The summed E-state index contributed by atoms with van der Waals surface area (Å²) in [4.78, 5) is 37.8. The van der Waals surface area contributed by atoms with Crippen LogP contribution in [0.5, 0.6) is 0 Å². The van der Waals surface area contributed by atoms with Crippen molar-refractivity contribution in [2.45, 2.75) is 271 Å². The fourth-order valence-electron chi connectivity index (χ4n) is 7.26. The Bertz CT molecular complexity index is 1000. The average Bonchev–Trinajstić information content (AvgIpc) is 3.23. The van der Waals surface area contributed by atoms with Crippen molar-refractivity contribution in [3.05, 3.63) is 36.5 Å². The number of hydrogen-bond acceptors (Lipinski definition) is 6. The van der Waals surface area contributed by atoms with Gasteiger partial charge in [-0.25, -0.2) is 0 Å². The molecule has 0 aliphatic heterocycles. The molecule has 0 saturated heterocycles. The van der Waals surface area contributed by atoms with E-state index in [2.05, 4.69) is 57.2 Å². The van der Waals surface area contributed by atoms with Gasteiger partial charge in [-0.1, -0.05) is 218 Å². The zero-order chi connectivity index (χ0) is 43.0. The minimum absolute atomic E-state index is 0.0861. The van der Waals surface area contributed by atoms with Crippen LogP contribution in [0.3, 0.4) is 0 Å². The lowest BCUT2D eigenvalue weighted by atomic mass is 10.0. The summed E-state index contributed by atoms with van der Waals surface area (Å²) in [5.74, 6) is -0.928. The third-order valence-corrected chi connectivity index (χ3v) is 11.1. The van der Waals surface area contributed by atoms with Crippen molar-refractivity contribution in [1.29, 1.82) is 0 Å². The molecule has 0 rings (SSSR count). The number of carbonyl (C=O) groups excluding carboxylic acids is 3. The first-order valence-corrected chi connectivity index (χ1v) is 25.5. The summed E-state index contributed by atoms with van der Waals surface area (Å²) < 4.78 is 16.7. The van der Waals surface area contributed by atoms with Gasteiger partial charge in [0.25, 0.3) is 0 Å². The Morgan fingerprint density at radius 3 is 1.03 bits per heavy atom. The summed E-state index contributed by atoms with van der Waals surface area (Å²) in [6.45, 7) is 6.58. The largest absolute Gasteiger partial charge is 0.462 e. The van der Waals surface area contributed by atoms with E-state index in [1.807, 2.05) is 0 Å².